The zero-order chi connectivity index (χ0) is 15.6. The molecule has 0 unspecified atom stereocenters. The molecular weight excluding hydrogens is 282 g/mol. The van der Waals surface area contributed by atoms with Crippen molar-refractivity contribution in [1.29, 1.82) is 0 Å². The smallest absolute Gasteiger partial charge is 0.317 e. The van der Waals surface area contributed by atoms with Gasteiger partial charge in [0.05, 0.1) is 12.1 Å². The molecule has 0 radical (unpaired) electrons. The molecule has 1 aromatic rings. The Labute approximate surface area is 130 Å². The van der Waals surface area contributed by atoms with Gasteiger partial charge in [0.15, 0.2) is 0 Å². The molecule has 0 aromatic carbocycles. The third kappa shape index (κ3) is 3.14. The van der Waals surface area contributed by atoms with Crippen molar-refractivity contribution in [2.24, 2.45) is 0 Å². The van der Waals surface area contributed by atoms with E-state index in [-0.39, 0.29) is 17.7 Å². The van der Waals surface area contributed by atoms with Gasteiger partial charge >= 0.3 is 6.03 Å². The lowest BCUT2D eigenvalue weighted by Crippen LogP contribution is -2.51. The van der Waals surface area contributed by atoms with Crippen LogP contribution >= 0.6 is 0 Å². The third-order valence-corrected chi connectivity index (χ3v) is 4.38. The van der Waals surface area contributed by atoms with Gasteiger partial charge in [-0.3, -0.25) is 0 Å². The average molecular weight is 305 g/mol. The summed E-state index contributed by atoms with van der Waals surface area (Å²) < 4.78 is 6.09. The number of nitrogens with one attached hydrogen (secondary N) is 1. The molecule has 7 heteroatoms. The van der Waals surface area contributed by atoms with Crippen molar-refractivity contribution < 1.29 is 9.53 Å². The van der Waals surface area contributed by atoms with E-state index in [1.807, 2.05) is 6.07 Å². The summed E-state index contributed by atoms with van der Waals surface area (Å²) in [5.41, 5.74) is -0.193. The van der Waals surface area contributed by atoms with Crippen LogP contribution in [0.25, 0.3) is 0 Å². The van der Waals surface area contributed by atoms with Crippen LogP contribution in [0, 0.1) is 0 Å². The maximum atomic E-state index is 11.8. The van der Waals surface area contributed by atoms with Gasteiger partial charge in [-0.1, -0.05) is 0 Å². The highest BCUT2D eigenvalue weighted by Gasteiger charge is 2.44. The quantitative estimate of drug-likeness (QED) is 0.878. The summed E-state index contributed by atoms with van der Waals surface area (Å²) in [5, 5.41) is 3.08. The summed E-state index contributed by atoms with van der Waals surface area (Å²) in [5.74, 6) is 0.752. The monoisotopic (exact) mass is 305 g/mol. The molecule has 2 amide bonds. The topological polar surface area (TPSA) is 70.6 Å². The molecule has 2 atom stereocenters. The van der Waals surface area contributed by atoms with Crippen LogP contribution < -0.4 is 10.2 Å². The Morgan fingerprint density at radius 3 is 2.95 bits per heavy atom. The number of urea groups is 1. The number of ether oxygens (including phenoxy) is 1. The minimum Gasteiger partial charge on any atom is -0.373 e. The normalized spacial score (nSPS) is 27.9. The Morgan fingerprint density at radius 1 is 1.45 bits per heavy atom. The number of hydrogen-bond donors (Lipinski definition) is 1. The summed E-state index contributed by atoms with van der Waals surface area (Å²) in [6.07, 6.45) is 6.17. The van der Waals surface area contributed by atoms with E-state index in [0.717, 1.165) is 38.3 Å². The van der Waals surface area contributed by atoms with Gasteiger partial charge in [-0.15, -0.1) is 0 Å². The van der Waals surface area contributed by atoms with E-state index in [1.54, 1.807) is 31.4 Å². The molecule has 1 aromatic heterocycles. The Bertz CT molecular complexity index is 524. The molecule has 22 heavy (non-hydrogen) atoms. The summed E-state index contributed by atoms with van der Waals surface area (Å²) in [4.78, 5) is 24.2. The van der Waals surface area contributed by atoms with E-state index in [0.29, 0.717) is 6.61 Å². The lowest BCUT2D eigenvalue weighted by Gasteiger charge is -2.38. The molecule has 3 heterocycles. The zero-order valence-corrected chi connectivity index (χ0v) is 13.2. The van der Waals surface area contributed by atoms with Gasteiger partial charge in [0.1, 0.15) is 0 Å². The van der Waals surface area contributed by atoms with Gasteiger partial charge < -0.3 is 19.9 Å². The van der Waals surface area contributed by atoms with Gasteiger partial charge in [0.2, 0.25) is 5.95 Å². The second kappa shape index (κ2) is 6.08. The largest absolute Gasteiger partial charge is 0.373 e. The molecule has 2 fully saturated rings. The molecule has 0 aliphatic carbocycles. The zero-order valence-electron chi connectivity index (χ0n) is 13.2. The summed E-state index contributed by atoms with van der Waals surface area (Å²) in [7, 11) is 3.52. The van der Waals surface area contributed by atoms with E-state index >= 15 is 0 Å². The number of rotatable bonds is 2. The first-order valence-corrected chi connectivity index (χ1v) is 7.72. The summed E-state index contributed by atoms with van der Waals surface area (Å²) in [6.45, 7) is 2.35. The summed E-state index contributed by atoms with van der Waals surface area (Å²) in [6, 6.07) is 1.95. The van der Waals surface area contributed by atoms with Crippen molar-refractivity contribution in [1.82, 2.24) is 20.2 Å². The molecular formula is C15H23N5O2. The second-order valence-electron chi connectivity index (χ2n) is 6.29. The van der Waals surface area contributed by atoms with E-state index in [4.69, 9.17) is 4.74 Å². The van der Waals surface area contributed by atoms with Gasteiger partial charge in [0.25, 0.3) is 0 Å². The van der Waals surface area contributed by atoms with Gasteiger partial charge in [-0.2, -0.15) is 0 Å². The molecule has 2 saturated heterocycles. The lowest BCUT2D eigenvalue weighted by molar-refractivity contribution is -0.0720. The maximum absolute atomic E-state index is 11.8. The van der Waals surface area contributed by atoms with Crippen molar-refractivity contribution >= 4 is 12.0 Å². The third-order valence-electron chi connectivity index (χ3n) is 4.38. The predicted molar refractivity (Wildman–Crippen MR) is 82.8 cm³/mol. The predicted octanol–water partition coefficient (Wildman–Crippen LogP) is 0.876. The fourth-order valence-corrected chi connectivity index (χ4v) is 3.21. The first-order chi connectivity index (χ1) is 10.6. The summed E-state index contributed by atoms with van der Waals surface area (Å²) >= 11 is 0. The number of anilines is 1. The second-order valence-corrected chi connectivity index (χ2v) is 6.29. The van der Waals surface area contributed by atoms with Gasteiger partial charge in [0, 0.05) is 45.7 Å². The Balaban J connectivity index is 1.63. The van der Waals surface area contributed by atoms with Crippen molar-refractivity contribution in [2.75, 3.05) is 38.7 Å². The first kappa shape index (κ1) is 15.0. The number of aromatic nitrogens is 2. The molecule has 1 N–H and O–H groups in total. The Morgan fingerprint density at radius 2 is 2.23 bits per heavy atom. The number of hydrogen-bond acceptors (Lipinski definition) is 5. The number of amides is 2. The minimum absolute atomic E-state index is 0.0386. The van der Waals surface area contributed by atoms with Gasteiger partial charge in [-0.25, -0.2) is 14.8 Å². The van der Waals surface area contributed by atoms with Crippen LogP contribution in [0.2, 0.25) is 0 Å². The van der Waals surface area contributed by atoms with E-state index in [9.17, 15) is 4.79 Å². The highest BCUT2D eigenvalue weighted by atomic mass is 16.5. The molecule has 2 aliphatic rings. The lowest BCUT2D eigenvalue weighted by atomic mass is 9.89. The van der Waals surface area contributed by atoms with Crippen molar-refractivity contribution in [3.63, 3.8) is 0 Å². The first-order valence-electron chi connectivity index (χ1n) is 7.72. The van der Waals surface area contributed by atoms with Crippen molar-refractivity contribution in [3.8, 4) is 0 Å². The molecule has 1 spiro atoms. The van der Waals surface area contributed by atoms with Crippen LogP contribution in [0.4, 0.5) is 10.7 Å². The SMILES string of the molecule is CN(C)C(=O)N[C@H]1CCO[C@]2(CCN(c3ncccn3)C2)C1. The van der Waals surface area contributed by atoms with Crippen molar-refractivity contribution in [3.05, 3.63) is 18.5 Å². The fourth-order valence-electron chi connectivity index (χ4n) is 3.21. The van der Waals surface area contributed by atoms with Gasteiger partial charge in [-0.05, 0) is 25.3 Å². The van der Waals surface area contributed by atoms with Crippen LogP contribution in [0.5, 0.6) is 0 Å². The minimum atomic E-state index is -0.193. The fraction of sp³-hybridized carbons (Fsp3) is 0.667. The van der Waals surface area contributed by atoms with E-state index in [2.05, 4.69) is 20.2 Å². The van der Waals surface area contributed by atoms with Crippen LogP contribution in [0.15, 0.2) is 18.5 Å². The Kier molecular flexibility index (Phi) is 4.15. The molecule has 0 bridgehead atoms. The standard InChI is InChI=1S/C15H23N5O2/c1-19(2)14(21)18-12-4-9-22-15(10-12)5-8-20(11-15)13-16-6-3-7-17-13/h3,6-7,12H,4-5,8-11H2,1-2H3,(H,18,21)/t12-,15+/m0/s1. The highest BCUT2D eigenvalue weighted by molar-refractivity contribution is 5.73. The molecule has 120 valence electrons. The molecule has 3 rings (SSSR count). The molecule has 0 saturated carbocycles. The molecule has 2 aliphatic heterocycles. The number of nitrogens with zero attached hydrogens (tertiary/aromatic N) is 4. The van der Waals surface area contributed by atoms with Crippen LogP contribution in [0.3, 0.4) is 0 Å². The van der Waals surface area contributed by atoms with Crippen LogP contribution in [-0.4, -0.2) is 66.3 Å². The van der Waals surface area contributed by atoms with E-state index < -0.39 is 0 Å². The maximum Gasteiger partial charge on any atom is 0.317 e. The number of carbonyl (C=O) groups excluding carboxylic acids is 1. The van der Waals surface area contributed by atoms with Crippen molar-refractivity contribution in [2.45, 2.75) is 30.9 Å². The highest BCUT2D eigenvalue weighted by Crippen LogP contribution is 2.35. The molecule has 7 nitrogen and oxygen atoms in total. The number of carbonyl (C=O) groups is 1. The van der Waals surface area contributed by atoms with Crippen LogP contribution in [-0.2, 0) is 4.74 Å². The van der Waals surface area contributed by atoms with E-state index in [1.165, 1.54) is 0 Å². The Hall–Kier alpha value is -1.89. The van der Waals surface area contributed by atoms with Crippen LogP contribution in [0.1, 0.15) is 19.3 Å². The average Bonchev–Trinajstić information content (AvgIpc) is 2.91.